The number of aryl methyl sites for hydroxylation is 1. The van der Waals surface area contributed by atoms with Gasteiger partial charge in [-0.1, -0.05) is 0 Å². The summed E-state index contributed by atoms with van der Waals surface area (Å²) in [5.41, 5.74) is -0.342. The van der Waals surface area contributed by atoms with E-state index in [0.717, 1.165) is 0 Å². The lowest BCUT2D eigenvalue weighted by Gasteiger charge is -2.45. The Labute approximate surface area is 294 Å². The highest BCUT2D eigenvalue weighted by Gasteiger charge is 2.52. The minimum absolute atomic E-state index is 0.0436. The number of hydrogen-bond donors (Lipinski definition) is 10. The Morgan fingerprint density at radius 2 is 1.40 bits per heavy atom. The monoisotopic (exact) mass is 740 g/mol. The van der Waals surface area contributed by atoms with Crippen molar-refractivity contribution in [3.63, 3.8) is 0 Å². The van der Waals surface area contributed by atoms with E-state index >= 15 is 0 Å². The number of fused-ring (bicyclic) bond motifs is 2. The summed E-state index contributed by atoms with van der Waals surface area (Å²) in [7, 11) is 1.28. The molecule has 14 atom stereocenters. The van der Waals surface area contributed by atoms with E-state index in [1.807, 2.05) is 0 Å². The fourth-order valence-corrected chi connectivity index (χ4v) is 6.54. The second-order valence-corrected chi connectivity index (χ2v) is 12.9. The Bertz CT molecular complexity index is 1650. The third kappa shape index (κ3) is 6.90. The van der Waals surface area contributed by atoms with Crippen molar-refractivity contribution < 1.29 is 93.8 Å². The van der Waals surface area contributed by atoms with Gasteiger partial charge in [0.1, 0.15) is 84.4 Å². The van der Waals surface area contributed by atoms with Gasteiger partial charge >= 0.3 is 0 Å². The van der Waals surface area contributed by atoms with Crippen LogP contribution in [-0.2, 0) is 23.7 Å². The van der Waals surface area contributed by atoms with Crippen LogP contribution in [0.15, 0.2) is 24.3 Å². The molecule has 0 aromatic heterocycles. The highest BCUT2D eigenvalue weighted by molar-refractivity contribution is 6.30. The maximum Gasteiger partial charge on any atom is 0.229 e. The molecule has 3 heterocycles. The molecule has 14 unspecified atom stereocenters. The molecule has 2 aromatic carbocycles. The van der Waals surface area contributed by atoms with Crippen LogP contribution in [0.3, 0.4) is 0 Å². The number of rotatable bonds is 9. The van der Waals surface area contributed by atoms with Gasteiger partial charge in [-0.15, -0.1) is 0 Å². The number of aliphatic hydroxyl groups excluding tert-OH is 9. The molecule has 0 radical (unpaired) electrons. The molecule has 10 N–H and O–H groups in total. The van der Waals surface area contributed by atoms with Crippen molar-refractivity contribution in [3.8, 4) is 17.2 Å². The van der Waals surface area contributed by atoms with Gasteiger partial charge in [0.15, 0.2) is 18.4 Å². The van der Waals surface area contributed by atoms with Crippen molar-refractivity contribution in [3.05, 3.63) is 52.1 Å². The predicted octanol–water partition coefficient (Wildman–Crippen LogP) is -4.05. The van der Waals surface area contributed by atoms with Gasteiger partial charge in [0.2, 0.25) is 12.1 Å². The number of carbonyl (C=O) groups is 2. The molecule has 3 saturated heterocycles. The molecule has 6 rings (SSSR count). The first-order valence-corrected chi connectivity index (χ1v) is 16.2. The van der Waals surface area contributed by atoms with Crippen molar-refractivity contribution in [2.24, 2.45) is 0 Å². The van der Waals surface area contributed by atoms with Gasteiger partial charge in [0.25, 0.3) is 0 Å². The normalized spacial score (nSPS) is 37.7. The Morgan fingerprint density at radius 1 is 0.731 bits per heavy atom. The Balaban J connectivity index is 1.33. The van der Waals surface area contributed by atoms with E-state index < -0.39 is 123 Å². The summed E-state index contributed by atoms with van der Waals surface area (Å²) in [4.78, 5) is 27.5. The molecule has 0 bridgehead atoms. The number of aromatic hydroxyl groups is 1. The van der Waals surface area contributed by atoms with E-state index in [-0.39, 0.29) is 33.8 Å². The third-order valence-corrected chi connectivity index (χ3v) is 9.42. The number of methoxy groups -OCH3 is 1. The lowest BCUT2D eigenvalue weighted by Crippen LogP contribution is -2.64. The SMILES string of the molecule is COc1cc(OC2OC(COC3OC(CO)C(O)C(O)C3O)C(O)C(OC3OCC(O)C(O)C3O)C2O)c2c(c1)C(=O)c1cc(C)cc(O)c1C2=O. The predicted molar refractivity (Wildman–Crippen MR) is 166 cm³/mol. The number of aliphatic hydroxyl groups is 9. The van der Waals surface area contributed by atoms with Crippen LogP contribution in [0.4, 0.5) is 0 Å². The van der Waals surface area contributed by atoms with E-state index in [9.17, 15) is 60.7 Å². The minimum atomic E-state index is -1.99. The summed E-state index contributed by atoms with van der Waals surface area (Å²) in [6.07, 6.45) is -24.3. The molecule has 0 spiro atoms. The van der Waals surface area contributed by atoms with Gasteiger partial charge in [-0.2, -0.15) is 0 Å². The fourth-order valence-electron chi connectivity index (χ4n) is 6.54. The van der Waals surface area contributed by atoms with E-state index in [2.05, 4.69) is 0 Å². The third-order valence-electron chi connectivity index (χ3n) is 9.42. The van der Waals surface area contributed by atoms with Crippen molar-refractivity contribution in [2.45, 2.75) is 92.9 Å². The molecule has 3 fully saturated rings. The Hall–Kier alpha value is -3.38. The quantitative estimate of drug-likeness (QED) is 0.0998. The molecular weight excluding hydrogens is 700 g/mol. The van der Waals surface area contributed by atoms with Crippen LogP contribution in [0.1, 0.15) is 37.4 Å². The topological polar surface area (TPSA) is 301 Å². The second kappa shape index (κ2) is 15.2. The molecule has 3 aliphatic heterocycles. The van der Waals surface area contributed by atoms with Crippen molar-refractivity contribution in [1.29, 1.82) is 0 Å². The lowest BCUT2D eigenvalue weighted by atomic mass is 9.82. The number of ether oxygens (including phenoxy) is 7. The number of phenols is 1. The standard InChI is InChI=1S/C33H40O19/c1-10-3-12-19(14(35)4-10)25(41)20-13(21(12)37)5-11(46-2)6-16(20)49-33-29(45)30(52-32-27(43)22(38)15(36)8-47-32)24(40)18(51-33)9-48-31-28(44)26(42)23(39)17(7-34)50-31/h3-6,15,17-18,22-24,26-36,38-40,42-45H,7-9H2,1-2H3. The average Bonchev–Trinajstić information content (AvgIpc) is 3.11. The summed E-state index contributed by atoms with van der Waals surface area (Å²) in [5, 5.41) is 104. The van der Waals surface area contributed by atoms with Gasteiger partial charge in [0, 0.05) is 17.2 Å². The van der Waals surface area contributed by atoms with E-state index in [1.54, 1.807) is 6.92 Å². The molecule has 4 aliphatic rings. The molecular formula is C33H40O19. The average molecular weight is 741 g/mol. The van der Waals surface area contributed by atoms with Crippen molar-refractivity contribution in [2.75, 3.05) is 26.9 Å². The van der Waals surface area contributed by atoms with E-state index in [0.29, 0.717) is 5.56 Å². The minimum Gasteiger partial charge on any atom is -0.507 e. The molecule has 0 saturated carbocycles. The number of carbonyl (C=O) groups excluding carboxylic acids is 2. The lowest BCUT2D eigenvalue weighted by molar-refractivity contribution is -0.349. The number of ketones is 2. The van der Waals surface area contributed by atoms with Crippen LogP contribution in [0.2, 0.25) is 0 Å². The number of benzene rings is 2. The zero-order valence-electron chi connectivity index (χ0n) is 27.7. The summed E-state index contributed by atoms with van der Waals surface area (Å²) in [6.45, 7) is -0.342. The van der Waals surface area contributed by atoms with Crippen LogP contribution < -0.4 is 9.47 Å². The molecule has 1 aliphatic carbocycles. The fraction of sp³-hybridized carbons (Fsp3) is 0.576. The zero-order valence-corrected chi connectivity index (χ0v) is 27.7. The molecule has 19 heteroatoms. The van der Waals surface area contributed by atoms with Gasteiger partial charge in [-0.3, -0.25) is 9.59 Å². The van der Waals surface area contributed by atoms with Gasteiger partial charge < -0.3 is 84.2 Å². The first-order valence-electron chi connectivity index (χ1n) is 16.2. The first kappa shape index (κ1) is 38.3. The van der Waals surface area contributed by atoms with Gasteiger partial charge in [-0.25, -0.2) is 0 Å². The van der Waals surface area contributed by atoms with Crippen LogP contribution in [0, 0.1) is 6.92 Å². The Morgan fingerprint density at radius 3 is 2.10 bits per heavy atom. The molecule has 286 valence electrons. The van der Waals surface area contributed by atoms with E-state index in [4.69, 9.17) is 33.2 Å². The van der Waals surface area contributed by atoms with Crippen LogP contribution in [-0.4, -0.2) is 176 Å². The smallest absolute Gasteiger partial charge is 0.229 e. The van der Waals surface area contributed by atoms with Gasteiger partial charge in [-0.05, 0) is 30.7 Å². The summed E-state index contributed by atoms with van der Waals surface area (Å²) < 4.78 is 39.1. The Kier molecular flexibility index (Phi) is 11.2. The molecule has 2 aromatic rings. The van der Waals surface area contributed by atoms with Crippen LogP contribution >= 0.6 is 0 Å². The number of phenolic OH excluding ortho intramolecular Hbond substituents is 1. The van der Waals surface area contributed by atoms with Crippen LogP contribution in [0.5, 0.6) is 17.2 Å². The molecule has 0 amide bonds. The van der Waals surface area contributed by atoms with Crippen molar-refractivity contribution >= 4 is 11.6 Å². The second-order valence-electron chi connectivity index (χ2n) is 12.9. The summed E-state index contributed by atoms with van der Waals surface area (Å²) in [5.74, 6) is -2.24. The maximum absolute atomic E-state index is 13.9. The van der Waals surface area contributed by atoms with Crippen molar-refractivity contribution in [1.82, 2.24) is 0 Å². The zero-order chi connectivity index (χ0) is 37.8. The number of hydrogen-bond acceptors (Lipinski definition) is 19. The van der Waals surface area contributed by atoms with E-state index in [1.165, 1.54) is 31.4 Å². The summed E-state index contributed by atoms with van der Waals surface area (Å²) >= 11 is 0. The van der Waals surface area contributed by atoms with Gasteiger partial charge in [0.05, 0.1) is 38.1 Å². The molecule has 52 heavy (non-hydrogen) atoms. The highest BCUT2D eigenvalue weighted by atomic mass is 16.7. The highest BCUT2D eigenvalue weighted by Crippen LogP contribution is 2.41. The molecule has 19 nitrogen and oxygen atoms in total. The maximum atomic E-state index is 13.9. The first-order chi connectivity index (χ1) is 24.7. The largest absolute Gasteiger partial charge is 0.507 e. The van der Waals surface area contributed by atoms with Crippen LogP contribution in [0.25, 0.3) is 0 Å². The summed E-state index contributed by atoms with van der Waals surface area (Å²) in [6, 6.07) is 5.24.